The van der Waals surface area contributed by atoms with E-state index in [-0.39, 0.29) is 12.1 Å². The Balaban J connectivity index is 2.08. The van der Waals surface area contributed by atoms with Gasteiger partial charge in [0, 0.05) is 19.3 Å². The van der Waals surface area contributed by atoms with Gasteiger partial charge in [0.25, 0.3) is 0 Å². The van der Waals surface area contributed by atoms with Crippen LogP contribution in [0.25, 0.3) is 0 Å². The summed E-state index contributed by atoms with van der Waals surface area (Å²) < 4.78 is 0. The maximum Gasteiger partial charge on any atom is 0.0633 e. The second kappa shape index (κ2) is 6.59. The molecule has 1 fully saturated rings. The van der Waals surface area contributed by atoms with Crippen molar-refractivity contribution in [2.45, 2.75) is 38.6 Å². The van der Waals surface area contributed by atoms with Crippen LogP contribution in [0, 0.1) is 5.92 Å². The Morgan fingerprint density at radius 1 is 1.25 bits per heavy atom. The Morgan fingerprint density at radius 2 is 1.90 bits per heavy atom. The lowest BCUT2D eigenvalue weighted by atomic mass is 9.93. The largest absolute Gasteiger partial charge is 0.394 e. The second-order valence-corrected chi connectivity index (χ2v) is 5.99. The molecular weight excluding hydrogens is 248 g/mol. The molecular formula is C17H28N2O. The lowest BCUT2D eigenvalue weighted by molar-refractivity contribution is 0.146. The summed E-state index contributed by atoms with van der Waals surface area (Å²) >= 11 is 0. The topological polar surface area (TPSA) is 35.5 Å². The fraction of sp³-hybridized carbons (Fsp3) is 0.647. The smallest absolute Gasteiger partial charge is 0.0633 e. The summed E-state index contributed by atoms with van der Waals surface area (Å²) in [7, 11) is 2.12. The van der Waals surface area contributed by atoms with Gasteiger partial charge in [-0.3, -0.25) is 0 Å². The average Bonchev–Trinajstić information content (AvgIpc) is 3.31. The van der Waals surface area contributed by atoms with Gasteiger partial charge in [-0.25, -0.2) is 0 Å². The maximum atomic E-state index is 9.91. The van der Waals surface area contributed by atoms with Crippen LogP contribution in [0.2, 0.25) is 0 Å². The second-order valence-electron chi connectivity index (χ2n) is 5.99. The lowest BCUT2D eigenvalue weighted by Crippen LogP contribution is -2.57. The van der Waals surface area contributed by atoms with Crippen LogP contribution in [-0.2, 0) is 6.42 Å². The van der Waals surface area contributed by atoms with Gasteiger partial charge in [-0.2, -0.15) is 0 Å². The van der Waals surface area contributed by atoms with Crippen LogP contribution in [0.15, 0.2) is 24.3 Å². The molecule has 1 aromatic rings. The Labute approximate surface area is 123 Å². The number of aliphatic hydroxyl groups excluding tert-OH is 1. The number of nitrogens with one attached hydrogen (secondary N) is 1. The average molecular weight is 276 g/mol. The number of likely N-dealkylation sites (N-methyl/N-ethyl adjacent to an activating group) is 2. The molecule has 0 spiro atoms. The Kier molecular flexibility index (Phi) is 5.06. The van der Waals surface area contributed by atoms with Crippen LogP contribution < -0.4 is 10.2 Å². The minimum Gasteiger partial charge on any atom is -0.394 e. The van der Waals surface area contributed by atoms with Crippen molar-refractivity contribution in [2.24, 2.45) is 5.92 Å². The highest BCUT2D eigenvalue weighted by Crippen LogP contribution is 2.40. The quantitative estimate of drug-likeness (QED) is 0.765. The molecule has 0 aliphatic heterocycles. The zero-order valence-corrected chi connectivity index (χ0v) is 13.0. The van der Waals surface area contributed by atoms with Crippen LogP contribution in [0.3, 0.4) is 0 Å². The molecule has 1 aliphatic rings. The van der Waals surface area contributed by atoms with Crippen molar-refractivity contribution >= 4 is 5.69 Å². The molecule has 1 unspecified atom stereocenters. The van der Waals surface area contributed by atoms with Crippen LogP contribution in [-0.4, -0.2) is 37.4 Å². The van der Waals surface area contributed by atoms with Crippen LogP contribution in [0.5, 0.6) is 0 Å². The zero-order chi connectivity index (χ0) is 14.6. The van der Waals surface area contributed by atoms with Crippen molar-refractivity contribution in [1.29, 1.82) is 0 Å². The summed E-state index contributed by atoms with van der Waals surface area (Å²) in [5, 5.41) is 13.4. The van der Waals surface area contributed by atoms with E-state index in [0.29, 0.717) is 5.92 Å². The highest BCUT2D eigenvalue weighted by molar-refractivity contribution is 5.47. The van der Waals surface area contributed by atoms with Gasteiger partial charge in [0.15, 0.2) is 0 Å². The first-order valence-electron chi connectivity index (χ1n) is 7.81. The molecule has 1 saturated carbocycles. The Morgan fingerprint density at radius 3 is 2.35 bits per heavy atom. The number of benzene rings is 1. The maximum absolute atomic E-state index is 9.91. The highest BCUT2D eigenvalue weighted by Gasteiger charge is 2.44. The van der Waals surface area contributed by atoms with E-state index in [1.807, 2.05) is 0 Å². The van der Waals surface area contributed by atoms with Crippen molar-refractivity contribution in [3.05, 3.63) is 29.8 Å². The molecule has 0 aromatic heterocycles. The summed E-state index contributed by atoms with van der Waals surface area (Å²) in [6, 6.07) is 8.74. The van der Waals surface area contributed by atoms with E-state index in [9.17, 15) is 5.11 Å². The van der Waals surface area contributed by atoms with Crippen molar-refractivity contribution in [3.63, 3.8) is 0 Å². The molecule has 2 rings (SSSR count). The van der Waals surface area contributed by atoms with Gasteiger partial charge < -0.3 is 15.3 Å². The zero-order valence-electron chi connectivity index (χ0n) is 13.0. The van der Waals surface area contributed by atoms with Gasteiger partial charge >= 0.3 is 0 Å². The number of rotatable bonds is 8. The molecule has 112 valence electrons. The molecule has 0 bridgehead atoms. The minimum atomic E-state index is -0.146. The van der Waals surface area contributed by atoms with Gasteiger partial charge in [0.1, 0.15) is 0 Å². The summed E-state index contributed by atoms with van der Waals surface area (Å²) in [5.74, 6) is 0.616. The molecule has 3 heteroatoms. The van der Waals surface area contributed by atoms with E-state index in [2.05, 4.69) is 55.4 Å². The number of hydrogen-bond acceptors (Lipinski definition) is 3. The predicted octanol–water partition coefficient (Wildman–Crippen LogP) is 2.44. The molecule has 0 heterocycles. The number of anilines is 1. The normalized spacial score (nSPS) is 17.8. The minimum absolute atomic E-state index is 0.146. The van der Waals surface area contributed by atoms with Gasteiger partial charge in [0.05, 0.1) is 12.1 Å². The molecule has 2 N–H and O–H groups in total. The SMILES string of the molecule is CCNC(CO)(CN(C)c1ccc(CC)cc1)C1CC1. The number of nitrogens with zero attached hydrogens (tertiary/aromatic N) is 1. The summed E-state index contributed by atoms with van der Waals surface area (Å²) in [4.78, 5) is 2.26. The highest BCUT2D eigenvalue weighted by atomic mass is 16.3. The molecule has 20 heavy (non-hydrogen) atoms. The first-order chi connectivity index (χ1) is 9.65. The van der Waals surface area contributed by atoms with E-state index in [1.54, 1.807) is 0 Å². The van der Waals surface area contributed by atoms with Crippen molar-refractivity contribution < 1.29 is 5.11 Å². The first-order valence-corrected chi connectivity index (χ1v) is 7.81. The predicted molar refractivity (Wildman–Crippen MR) is 85.3 cm³/mol. The third kappa shape index (κ3) is 3.33. The van der Waals surface area contributed by atoms with E-state index in [0.717, 1.165) is 19.5 Å². The van der Waals surface area contributed by atoms with Crippen molar-refractivity contribution in [1.82, 2.24) is 5.32 Å². The number of aryl methyl sites for hydroxylation is 1. The third-order valence-corrected chi connectivity index (χ3v) is 4.47. The van der Waals surface area contributed by atoms with Gasteiger partial charge in [-0.15, -0.1) is 0 Å². The summed E-state index contributed by atoms with van der Waals surface area (Å²) in [5.41, 5.74) is 2.44. The number of aliphatic hydroxyl groups is 1. The van der Waals surface area contributed by atoms with E-state index >= 15 is 0 Å². The van der Waals surface area contributed by atoms with Crippen LogP contribution >= 0.6 is 0 Å². The Hall–Kier alpha value is -1.06. The molecule has 0 amide bonds. The lowest BCUT2D eigenvalue weighted by Gasteiger charge is -2.37. The van der Waals surface area contributed by atoms with Crippen molar-refractivity contribution in [3.8, 4) is 0 Å². The Bertz CT molecular complexity index is 414. The van der Waals surface area contributed by atoms with Crippen molar-refractivity contribution in [2.75, 3.05) is 31.6 Å². The molecule has 0 radical (unpaired) electrons. The third-order valence-electron chi connectivity index (χ3n) is 4.47. The standard InChI is InChI=1S/C17H28N2O/c1-4-14-6-10-16(11-7-14)19(3)12-17(13-20,18-5-2)15-8-9-15/h6-7,10-11,15,18,20H,4-5,8-9,12-13H2,1-3H3. The van der Waals surface area contributed by atoms with Gasteiger partial charge in [-0.05, 0) is 49.4 Å². The fourth-order valence-electron chi connectivity index (χ4n) is 3.05. The molecule has 0 saturated heterocycles. The molecule has 1 aromatic carbocycles. The van der Waals surface area contributed by atoms with Gasteiger partial charge in [0.2, 0.25) is 0 Å². The monoisotopic (exact) mass is 276 g/mol. The van der Waals surface area contributed by atoms with Crippen LogP contribution in [0.4, 0.5) is 5.69 Å². The summed E-state index contributed by atoms with van der Waals surface area (Å²) in [6.07, 6.45) is 3.54. The van der Waals surface area contributed by atoms with Crippen LogP contribution in [0.1, 0.15) is 32.3 Å². The molecule has 3 nitrogen and oxygen atoms in total. The summed E-state index contributed by atoms with van der Waals surface area (Å²) in [6.45, 7) is 6.26. The number of hydrogen-bond donors (Lipinski definition) is 2. The van der Waals surface area contributed by atoms with E-state index in [1.165, 1.54) is 24.1 Å². The van der Waals surface area contributed by atoms with Gasteiger partial charge in [-0.1, -0.05) is 26.0 Å². The van der Waals surface area contributed by atoms with E-state index in [4.69, 9.17) is 0 Å². The van der Waals surface area contributed by atoms with E-state index < -0.39 is 0 Å². The fourth-order valence-corrected chi connectivity index (χ4v) is 3.05. The molecule has 1 aliphatic carbocycles. The first kappa shape index (κ1) is 15.3. The molecule has 1 atom stereocenters.